The molecule has 0 saturated heterocycles. The van der Waals surface area contributed by atoms with Gasteiger partial charge >= 0.3 is 0 Å². The van der Waals surface area contributed by atoms with Crippen LogP contribution < -0.4 is 47.4 Å². The zero-order valence-corrected chi connectivity index (χ0v) is 71.8. The highest BCUT2D eigenvalue weighted by molar-refractivity contribution is 9.10. The summed E-state index contributed by atoms with van der Waals surface area (Å²) < 4.78 is 54.3. The monoisotopic (exact) mass is 1720 g/mol. The number of ether oxygens (including phenoxy) is 10. The third kappa shape index (κ3) is 20.5. The van der Waals surface area contributed by atoms with Gasteiger partial charge in [0.05, 0.1) is 118 Å². The van der Waals surface area contributed by atoms with Crippen molar-refractivity contribution >= 4 is 78.2 Å². The number of methoxy groups -OCH3 is 8. The summed E-state index contributed by atoms with van der Waals surface area (Å²) in [5.74, 6) is 5.09. The average Bonchev–Trinajstić information content (AvgIpc) is 1.66. The molecule has 0 atom stereocenters. The molecule has 8 aromatic carbocycles. The molecule has 119 heavy (non-hydrogen) atoms. The van der Waals surface area contributed by atoms with Gasteiger partial charge in [-0.25, -0.2) is 9.97 Å². The maximum absolute atomic E-state index is 10.7. The zero-order chi connectivity index (χ0) is 84.4. The van der Waals surface area contributed by atoms with Gasteiger partial charge in [-0.05, 0) is 170 Å². The molecule has 0 bridgehead atoms. The van der Waals surface area contributed by atoms with Crippen LogP contribution in [0.3, 0.4) is 0 Å². The quantitative estimate of drug-likeness (QED) is 0.0313. The third-order valence-corrected chi connectivity index (χ3v) is 21.9. The molecule has 3 aliphatic heterocycles. The summed E-state index contributed by atoms with van der Waals surface area (Å²) in [4.78, 5) is 33.3. The second-order valence-corrected chi connectivity index (χ2v) is 31.2. The average molecular weight is 1720 g/mol. The van der Waals surface area contributed by atoms with Gasteiger partial charge in [-0.15, -0.1) is 34.0 Å². The van der Waals surface area contributed by atoms with Crippen molar-refractivity contribution in [3.63, 3.8) is 0 Å². The van der Waals surface area contributed by atoms with E-state index in [4.69, 9.17) is 57.3 Å². The van der Waals surface area contributed by atoms with E-state index in [0.29, 0.717) is 69.1 Å². The molecule has 3 aliphatic rings. The number of aromatic amines is 2. The molecular formula is C93H90BrN7O15S3. The highest BCUT2D eigenvalue weighted by atomic mass is 79.9. The standard InChI is InChI=1S/C25H26N2O3S.C19H16N2O3S2.C18H16BrNO3.C18H17NO3.C13H15NO3/c1-15(2)29-19-13-18(14-20(24(19)28)30-16(3)4)25-26-22(17-9-6-5-7-10-17)23(27-25)21-11-8-12-31-21;1-23-12-9-11(10-13(24-2)18(12)22)19-20-16(14-5-3-7-25-14)17(21-19)15-6-4-8-26-15;1-22-16-8-12(9-17(23-2)18(16)21)15-7-13(10-20-15)11-3-5-14(19)6-4-11;1-21-16-9-13(10-17(22-2)18(16)20)15-8-14(11-19-15)12-6-4-3-5-7-12;1-8-4-10(14-7-8)9-5-11(16-2)13(15)12(6-9)17-3/h5-16,28H,1-4H3,(H,26,27);3-10,22H,1-2H3,(H,20,21);3-6,8-10,21H,7H2,1-2H3;3-7,9-11,20H,8H2,1-2H3;5-7,15H,4H2,1-3H3. The SMILES string of the molecule is CC(C)Oc1cc(-c2nc(-c3ccccc3)c(-c3cccs3)[nH]2)cc(OC(C)C)c1O.COc1cc(-c2nc(-c3cccs3)c(-c3cccs3)[nH]2)cc(OC)c1O.COc1cc(C2=NC=C(C)C2)cc(OC)c1O.COc1cc(C2=NC=C(c3ccc(Br)cc3)C2)cc(OC)c1O.COc1cc(C2=NC=C(c3ccccc3)C2)cc(OC)c1O. The van der Waals surface area contributed by atoms with Crippen LogP contribution in [0.25, 0.3) is 76.9 Å². The summed E-state index contributed by atoms with van der Waals surface area (Å²) in [7, 11) is 12.1. The highest BCUT2D eigenvalue weighted by Crippen LogP contribution is 2.47. The number of phenolic OH excluding ortho intramolecular Hbond substituents is 5. The Balaban J connectivity index is 0.000000138. The van der Waals surface area contributed by atoms with Crippen molar-refractivity contribution in [3.8, 4) is 152 Å². The van der Waals surface area contributed by atoms with Crippen LogP contribution in [0.5, 0.6) is 86.2 Å². The molecule has 8 heterocycles. The largest absolute Gasteiger partial charge is 0.502 e. The number of imidazole rings is 2. The first kappa shape index (κ1) is 85.4. The minimum atomic E-state index is -0.0915. The number of aromatic nitrogens is 4. The number of aromatic hydroxyl groups is 5. The predicted molar refractivity (Wildman–Crippen MR) is 479 cm³/mol. The lowest BCUT2D eigenvalue weighted by atomic mass is 9.99. The molecule has 0 saturated carbocycles. The zero-order valence-electron chi connectivity index (χ0n) is 67.7. The fourth-order valence-electron chi connectivity index (χ4n) is 12.8. The van der Waals surface area contributed by atoms with Gasteiger partial charge in [-0.1, -0.05) is 107 Å². The Morgan fingerprint density at radius 1 is 0.336 bits per heavy atom. The summed E-state index contributed by atoms with van der Waals surface area (Å²) >= 11 is 8.40. The van der Waals surface area contributed by atoms with Crippen LogP contribution in [0.1, 0.15) is 81.7 Å². The van der Waals surface area contributed by atoms with Crippen LogP contribution in [-0.4, -0.2) is 132 Å². The molecule has 0 unspecified atom stereocenters. The second kappa shape index (κ2) is 39.8. The lowest BCUT2D eigenvalue weighted by Crippen LogP contribution is -2.09. The van der Waals surface area contributed by atoms with E-state index in [1.807, 2.05) is 136 Å². The van der Waals surface area contributed by atoms with Crippen LogP contribution in [0.4, 0.5) is 0 Å². The molecule has 26 heteroatoms. The minimum Gasteiger partial charge on any atom is -0.502 e. The van der Waals surface area contributed by atoms with Crippen LogP contribution in [0, 0.1) is 0 Å². The topological polar surface area (TPSA) is 288 Å². The molecule has 22 nitrogen and oxygen atoms in total. The summed E-state index contributed by atoms with van der Waals surface area (Å²) in [6.07, 6.45) is 7.70. The number of hydrogen-bond acceptors (Lipinski definition) is 23. The van der Waals surface area contributed by atoms with Gasteiger partial charge in [-0.3, -0.25) is 15.0 Å². The van der Waals surface area contributed by atoms with E-state index in [-0.39, 0.29) is 41.0 Å². The molecule has 0 fully saturated rings. The van der Waals surface area contributed by atoms with Gasteiger partial charge in [0.2, 0.25) is 28.7 Å². The van der Waals surface area contributed by atoms with Gasteiger partial charge < -0.3 is 82.9 Å². The maximum Gasteiger partial charge on any atom is 0.200 e. The molecule has 7 N–H and O–H groups in total. The number of benzene rings is 8. The first-order valence-electron chi connectivity index (χ1n) is 37.6. The Hall–Kier alpha value is -13.0. The number of thiophene rings is 3. The minimum absolute atomic E-state index is 0.000491. The van der Waals surface area contributed by atoms with Crippen LogP contribution >= 0.6 is 49.9 Å². The van der Waals surface area contributed by atoms with Gasteiger partial charge in [0, 0.05) is 75.7 Å². The summed E-state index contributed by atoms with van der Waals surface area (Å²) in [5, 5.41) is 56.7. The van der Waals surface area contributed by atoms with Crippen LogP contribution in [0.2, 0.25) is 0 Å². The number of halogens is 1. The van der Waals surface area contributed by atoms with Crippen molar-refractivity contribution < 1.29 is 72.9 Å². The van der Waals surface area contributed by atoms with Crippen LogP contribution in [-0.2, 0) is 0 Å². The number of nitrogens with zero attached hydrogens (tertiary/aromatic N) is 5. The van der Waals surface area contributed by atoms with Crippen molar-refractivity contribution in [1.29, 1.82) is 0 Å². The van der Waals surface area contributed by atoms with E-state index in [9.17, 15) is 25.5 Å². The molecule has 16 rings (SSSR count). The molecule has 0 radical (unpaired) electrons. The predicted octanol–water partition coefficient (Wildman–Crippen LogP) is 22.6. The Bertz CT molecular complexity index is 5670. The number of nitrogens with one attached hydrogen (secondary N) is 2. The van der Waals surface area contributed by atoms with Gasteiger partial charge in [0.25, 0.3) is 0 Å². The summed E-state index contributed by atoms with van der Waals surface area (Å²) in [5.41, 5.74) is 17.6. The smallest absolute Gasteiger partial charge is 0.200 e. The van der Waals surface area contributed by atoms with E-state index in [1.54, 1.807) is 94.7 Å². The van der Waals surface area contributed by atoms with Gasteiger partial charge in [0.15, 0.2) is 57.5 Å². The molecule has 5 aromatic heterocycles. The molecule has 0 amide bonds. The van der Waals surface area contributed by atoms with Gasteiger partial charge in [0.1, 0.15) is 17.3 Å². The number of H-pyrrole nitrogens is 2. The van der Waals surface area contributed by atoms with Crippen molar-refractivity contribution in [2.45, 2.75) is 66.1 Å². The van der Waals surface area contributed by atoms with E-state index in [1.165, 1.54) is 73.6 Å². The Kier molecular flexibility index (Phi) is 28.5. The fourth-order valence-corrected chi connectivity index (χ4v) is 15.3. The first-order chi connectivity index (χ1) is 57.6. The van der Waals surface area contributed by atoms with E-state index < -0.39 is 0 Å². The third-order valence-electron chi connectivity index (χ3n) is 18.7. The van der Waals surface area contributed by atoms with E-state index in [0.717, 1.165) is 123 Å². The van der Waals surface area contributed by atoms with Gasteiger partial charge in [-0.2, -0.15) is 0 Å². The van der Waals surface area contributed by atoms with Crippen molar-refractivity contribution in [1.82, 2.24) is 19.9 Å². The Morgan fingerprint density at radius 3 is 0.992 bits per heavy atom. The molecular weight excluding hydrogens is 1630 g/mol. The Labute approximate surface area is 710 Å². The number of aliphatic imine (C=N–C) groups is 3. The molecule has 612 valence electrons. The van der Waals surface area contributed by atoms with Crippen molar-refractivity contribution in [2.24, 2.45) is 15.0 Å². The van der Waals surface area contributed by atoms with Crippen molar-refractivity contribution in [3.05, 3.63) is 255 Å². The number of hydrogen-bond donors (Lipinski definition) is 7. The number of phenols is 5. The Morgan fingerprint density at radius 2 is 0.647 bits per heavy atom. The first-order valence-corrected chi connectivity index (χ1v) is 41.0. The second-order valence-electron chi connectivity index (χ2n) is 27.4. The summed E-state index contributed by atoms with van der Waals surface area (Å²) in [6, 6.07) is 58.4. The lowest BCUT2D eigenvalue weighted by Gasteiger charge is -2.17. The maximum atomic E-state index is 10.7. The normalized spacial score (nSPS) is 12.5. The number of rotatable bonds is 23. The lowest BCUT2D eigenvalue weighted by molar-refractivity contribution is 0.211. The van der Waals surface area contributed by atoms with E-state index in [2.05, 4.69) is 95.5 Å². The van der Waals surface area contributed by atoms with Crippen molar-refractivity contribution in [2.75, 3.05) is 56.9 Å². The highest BCUT2D eigenvalue weighted by Gasteiger charge is 2.26. The van der Waals surface area contributed by atoms with Crippen LogP contribution in [0.15, 0.2) is 242 Å². The summed E-state index contributed by atoms with van der Waals surface area (Å²) in [6.45, 7) is 9.72. The fraction of sp³-hybridized carbons (Fsp3) is 0.194. The number of allylic oxidation sites excluding steroid dienone is 3. The molecule has 0 aliphatic carbocycles. The molecule has 13 aromatic rings. The van der Waals surface area contributed by atoms with E-state index >= 15 is 0 Å². The molecule has 0 spiro atoms.